The second-order valence-corrected chi connectivity index (χ2v) is 4.16. The standard InChI is InChI=1S/C8H11FN2O2S/c1-2-11(14(10,12)13)8-5-3-7(9)4-6-8/h3-6H,2H2,1H3,(H2,10,12,13). The molecule has 0 bridgehead atoms. The Balaban J connectivity index is 3.08. The summed E-state index contributed by atoms with van der Waals surface area (Å²) < 4.78 is 35.7. The van der Waals surface area contributed by atoms with Gasteiger partial charge in [-0.2, -0.15) is 8.42 Å². The summed E-state index contributed by atoms with van der Waals surface area (Å²) in [4.78, 5) is 0. The van der Waals surface area contributed by atoms with Crippen LogP contribution in [0.15, 0.2) is 24.3 Å². The van der Waals surface area contributed by atoms with Crippen LogP contribution in [0.2, 0.25) is 0 Å². The Hall–Kier alpha value is -1.14. The first kappa shape index (κ1) is 10.9. The summed E-state index contributed by atoms with van der Waals surface area (Å²) in [6, 6.07) is 5.10. The van der Waals surface area contributed by atoms with E-state index in [1.165, 1.54) is 24.3 Å². The van der Waals surface area contributed by atoms with Gasteiger partial charge in [-0.3, -0.25) is 4.31 Å². The number of benzene rings is 1. The Bertz CT molecular complexity index is 402. The number of hydrogen-bond acceptors (Lipinski definition) is 2. The highest BCUT2D eigenvalue weighted by Crippen LogP contribution is 2.16. The van der Waals surface area contributed by atoms with Gasteiger partial charge in [0.1, 0.15) is 5.82 Å². The molecule has 2 N–H and O–H groups in total. The molecule has 0 amide bonds. The lowest BCUT2D eigenvalue weighted by atomic mass is 10.3. The van der Waals surface area contributed by atoms with Gasteiger partial charge >= 0.3 is 0 Å². The molecule has 0 aromatic heterocycles. The molecule has 0 unspecified atom stereocenters. The average Bonchev–Trinajstić information content (AvgIpc) is 2.07. The minimum absolute atomic E-state index is 0.213. The zero-order valence-electron chi connectivity index (χ0n) is 7.64. The molecule has 0 aliphatic rings. The van der Waals surface area contributed by atoms with Gasteiger partial charge in [-0.1, -0.05) is 0 Å². The van der Waals surface area contributed by atoms with Crippen LogP contribution in [0.3, 0.4) is 0 Å². The number of hydrogen-bond donors (Lipinski definition) is 1. The average molecular weight is 218 g/mol. The molecule has 0 radical (unpaired) electrons. The van der Waals surface area contributed by atoms with Gasteiger partial charge in [0, 0.05) is 6.54 Å². The van der Waals surface area contributed by atoms with Gasteiger partial charge in [0.05, 0.1) is 5.69 Å². The Morgan fingerprint density at radius 2 is 1.86 bits per heavy atom. The van der Waals surface area contributed by atoms with Crippen molar-refractivity contribution in [3.05, 3.63) is 30.1 Å². The van der Waals surface area contributed by atoms with Crippen LogP contribution in [0, 0.1) is 5.82 Å². The van der Waals surface area contributed by atoms with Gasteiger partial charge in [-0.05, 0) is 31.2 Å². The zero-order chi connectivity index (χ0) is 10.8. The molecule has 1 rings (SSSR count). The van der Waals surface area contributed by atoms with E-state index in [4.69, 9.17) is 5.14 Å². The molecule has 1 aromatic rings. The smallest absolute Gasteiger partial charge is 0.258 e. The number of nitrogens with two attached hydrogens (primary N) is 1. The van der Waals surface area contributed by atoms with Crippen molar-refractivity contribution in [3.8, 4) is 0 Å². The molecule has 78 valence electrons. The van der Waals surface area contributed by atoms with E-state index >= 15 is 0 Å². The lowest BCUT2D eigenvalue weighted by molar-refractivity contribution is 0.593. The van der Waals surface area contributed by atoms with E-state index in [0.29, 0.717) is 5.69 Å². The van der Waals surface area contributed by atoms with Crippen molar-refractivity contribution in [1.29, 1.82) is 0 Å². The third-order valence-electron chi connectivity index (χ3n) is 1.71. The van der Waals surface area contributed by atoms with Crippen LogP contribution in [0.1, 0.15) is 6.92 Å². The maximum Gasteiger partial charge on any atom is 0.298 e. The molecular weight excluding hydrogens is 207 g/mol. The van der Waals surface area contributed by atoms with Crippen molar-refractivity contribution in [2.45, 2.75) is 6.92 Å². The molecule has 0 fully saturated rings. The van der Waals surface area contributed by atoms with Crippen LogP contribution in [-0.2, 0) is 10.2 Å². The topological polar surface area (TPSA) is 63.4 Å². The Kier molecular flexibility index (Phi) is 3.07. The highest BCUT2D eigenvalue weighted by molar-refractivity contribution is 7.90. The van der Waals surface area contributed by atoms with Gasteiger partial charge in [0.15, 0.2) is 0 Å². The highest BCUT2D eigenvalue weighted by atomic mass is 32.2. The second kappa shape index (κ2) is 3.93. The minimum atomic E-state index is -3.77. The van der Waals surface area contributed by atoms with Crippen molar-refractivity contribution in [2.24, 2.45) is 5.14 Å². The quantitative estimate of drug-likeness (QED) is 0.817. The van der Waals surface area contributed by atoms with Gasteiger partial charge in [-0.25, -0.2) is 9.53 Å². The van der Waals surface area contributed by atoms with Crippen LogP contribution < -0.4 is 9.44 Å². The SMILES string of the molecule is CCN(c1ccc(F)cc1)S(N)(=O)=O. The molecule has 0 aliphatic heterocycles. The van der Waals surface area contributed by atoms with Crippen molar-refractivity contribution in [3.63, 3.8) is 0 Å². The van der Waals surface area contributed by atoms with Gasteiger partial charge in [0.2, 0.25) is 0 Å². The summed E-state index contributed by atoms with van der Waals surface area (Å²) in [5.74, 6) is -0.417. The summed E-state index contributed by atoms with van der Waals surface area (Å²) in [6.07, 6.45) is 0. The first-order chi connectivity index (χ1) is 6.45. The number of rotatable bonds is 3. The van der Waals surface area contributed by atoms with E-state index in [1.54, 1.807) is 6.92 Å². The molecule has 1 aromatic carbocycles. The fourth-order valence-electron chi connectivity index (χ4n) is 1.12. The molecule has 6 heteroatoms. The third kappa shape index (κ3) is 2.43. The highest BCUT2D eigenvalue weighted by Gasteiger charge is 2.15. The maximum absolute atomic E-state index is 12.6. The first-order valence-electron chi connectivity index (χ1n) is 4.01. The molecule has 4 nitrogen and oxygen atoms in total. The molecular formula is C8H11FN2O2S. The van der Waals surface area contributed by atoms with Crippen molar-refractivity contribution >= 4 is 15.9 Å². The fourth-order valence-corrected chi connectivity index (χ4v) is 1.89. The van der Waals surface area contributed by atoms with E-state index in [1.807, 2.05) is 0 Å². The zero-order valence-corrected chi connectivity index (χ0v) is 8.46. The lowest BCUT2D eigenvalue weighted by Crippen LogP contribution is -2.36. The van der Waals surface area contributed by atoms with Crippen LogP contribution in [0.25, 0.3) is 0 Å². The van der Waals surface area contributed by atoms with Crippen LogP contribution in [0.5, 0.6) is 0 Å². The summed E-state index contributed by atoms with van der Waals surface area (Å²) in [6.45, 7) is 1.86. The fraction of sp³-hybridized carbons (Fsp3) is 0.250. The van der Waals surface area contributed by atoms with E-state index in [2.05, 4.69) is 0 Å². The van der Waals surface area contributed by atoms with E-state index < -0.39 is 16.0 Å². The Morgan fingerprint density at radius 1 is 1.36 bits per heavy atom. The maximum atomic E-state index is 12.6. The monoisotopic (exact) mass is 218 g/mol. The number of halogens is 1. The van der Waals surface area contributed by atoms with Gasteiger partial charge < -0.3 is 0 Å². The molecule has 0 spiro atoms. The summed E-state index contributed by atoms with van der Waals surface area (Å²) >= 11 is 0. The molecule has 0 saturated heterocycles. The van der Waals surface area contributed by atoms with Crippen molar-refractivity contribution in [2.75, 3.05) is 10.8 Å². The van der Waals surface area contributed by atoms with Crippen molar-refractivity contribution < 1.29 is 12.8 Å². The predicted octanol–water partition coefficient (Wildman–Crippen LogP) is 0.856. The van der Waals surface area contributed by atoms with Crippen molar-refractivity contribution in [1.82, 2.24) is 0 Å². The van der Waals surface area contributed by atoms with Gasteiger partial charge in [-0.15, -0.1) is 0 Å². The first-order valence-corrected chi connectivity index (χ1v) is 5.51. The van der Waals surface area contributed by atoms with E-state index in [9.17, 15) is 12.8 Å². The number of anilines is 1. The van der Waals surface area contributed by atoms with Crippen LogP contribution in [0.4, 0.5) is 10.1 Å². The summed E-state index contributed by atoms with van der Waals surface area (Å²) in [5, 5.41) is 4.96. The van der Waals surface area contributed by atoms with Crippen LogP contribution >= 0.6 is 0 Å². The van der Waals surface area contributed by atoms with E-state index in [0.717, 1.165) is 4.31 Å². The lowest BCUT2D eigenvalue weighted by Gasteiger charge is -2.19. The molecule has 0 saturated carbocycles. The minimum Gasteiger partial charge on any atom is -0.258 e. The van der Waals surface area contributed by atoms with E-state index in [-0.39, 0.29) is 6.54 Å². The third-order valence-corrected chi connectivity index (χ3v) is 2.79. The molecule has 0 aliphatic carbocycles. The molecule has 0 atom stereocenters. The van der Waals surface area contributed by atoms with Gasteiger partial charge in [0.25, 0.3) is 10.2 Å². The second-order valence-electron chi connectivity index (χ2n) is 2.69. The molecule has 14 heavy (non-hydrogen) atoms. The normalized spacial score (nSPS) is 11.4. The Morgan fingerprint density at radius 3 is 2.21 bits per heavy atom. The van der Waals surface area contributed by atoms with Crippen LogP contribution in [-0.4, -0.2) is 15.0 Å². The Labute approximate surface area is 82.3 Å². The predicted molar refractivity (Wildman–Crippen MR) is 52.5 cm³/mol. The summed E-state index contributed by atoms with van der Waals surface area (Å²) in [7, 11) is -3.77. The molecule has 0 heterocycles. The number of nitrogens with zero attached hydrogens (tertiary/aromatic N) is 1. The summed E-state index contributed by atoms with van der Waals surface area (Å²) in [5.41, 5.74) is 0.358. The largest absolute Gasteiger partial charge is 0.298 e.